The summed E-state index contributed by atoms with van der Waals surface area (Å²) in [5, 5.41) is 15.6. The molecule has 4 rings (SSSR count). The molecule has 2 aromatic carbocycles. The van der Waals surface area contributed by atoms with Crippen molar-refractivity contribution in [1.29, 1.82) is 5.26 Å². The third-order valence-electron chi connectivity index (χ3n) is 6.39. The van der Waals surface area contributed by atoms with Gasteiger partial charge in [0.1, 0.15) is 17.7 Å². The van der Waals surface area contributed by atoms with Gasteiger partial charge in [-0.25, -0.2) is 15.0 Å². The van der Waals surface area contributed by atoms with E-state index in [-0.39, 0.29) is 11.9 Å². The molecule has 2 aromatic heterocycles. The van der Waals surface area contributed by atoms with Crippen molar-refractivity contribution in [3.63, 3.8) is 0 Å². The standard InChI is InChI=1S/C30H32N8O/c1-19-5-9-23(10-6-19)20(2)37-30(39)25-14-22(15-32)17-36-29(25)35-16-21-7-11-24(12-8-21)27-18-34-28(33)26(38-27)4-3-13-31/h5-12,14,17-18,20H,3-4,13,16,31H2,1-2H3,(H2,33,34)(H,35,36)(H,37,39)/t20-/m0/s1. The fourth-order valence-electron chi connectivity index (χ4n) is 4.06. The lowest BCUT2D eigenvalue weighted by atomic mass is 10.1. The number of nitrogens with two attached hydrogens (primary N) is 2. The number of carbonyl (C=O) groups is 1. The first-order valence-electron chi connectivity index (χ1n) is 12.8. The number of benzene rings is 2. The highest BCUT2D eigenvalue weighted by atomic mass is 16.1. The van der Waals surface area contributed by atoms with Crippen LogP contribution in [0.3, 0.4) is 0 Å². The van der Waals surface area contributed by atoms with Crippen molar-refractivity contribution in [1.82, 2.24) is 20.3 Å². The van der Waals surface area contributed by atoms with Gasteiger partial charge in [-0.05, 0) is 50.4 Å². The first kappa shape index (κ1) is 27.2. The van der Waals surface area contributed by atoms with Crippen molar-refractivity contribution in [3.8, 4) is 17.3 Å². The van der Waals surface area contributed by atoms with Crippen LogP contribution in [0.4, 0.5) is 11.6 Å². The first-order valence-corrected chi connectivity index (χ1v) is 12.8. The van der Waals surface area contributed by atoms with Crippen molar-refractivity contribution in [2.45, 2.75) is 39.3 Å². The van der Waals surface area contributed by atoms with Crippen molar-refractivity contribution < 1.29 is 4.79 Å². The molecule has 0 saturated heterocycles. The van der Waals surface area contributed by atoms with Gasteiger partial charge in [0.2, 0.25) is 0 Å². The Kier molecular flexibility index (Phi) is 8.82. The summed E-state index contributed by atoms with van der Waals surface area (Å²) in [6, 6.07) is 19.3. The minimum Gasteiger partial charge on any atom is -0.382 e. The van der Waals surface area contributed by atoms with Crippen LogP contribution in [0.15, 0.2) is 67.0 Å². The van der Waals surface area contributed by atoms with Gasteiger partial charge in [-0.1, -0.05) is 54.1 Å². The summed E-state index contributed by atoms with van der Waals surface area (Å²) < 4.78 is 0. The SMILES string of the molecule is Cc1ccc([C@H](C)NC(=O)c2cc(C#N)cnc2NCc2ccc(-c3cnc(N)c(CCCN)n3)cc2)cc1. The summed E-state index contributed by atoms with van der Waals surface area (Å²) in [5.41, 5.74) is 17.7. The quantitative estimate of drug-likeness (QED) is 0.241. The highest BCUT2D eigenvalue weighted by Gasteiger charge is 2.17. The number of nitrogen functional groups attached to an aromatic ring is 1. The monoisotopic (exact) mass is 520 g/mol. The Labute approximate surface area is 228 Å². The Morgan fingerprint density at radius 1 is 1.08 bits per heavy atom. The number of amides is 1. The van der Waals surface area contributed by atoms with E-state index in [9.17, 15) is 10.1 Å². The average molecular weight is 521 g/mol. The molecule has 0 aliphatic heterocycles. The second-order valence-electron chi connectivity index (χ2n) is 9.37. The van der Waals surface area contributed by atoms with Gasteiger partial charge in [0, 0.05) is 18.3 Å². The summed E-state index contributed by atoms with van der Waals surface area (Å²) in [7, 11) is 0. The number of nitrogens with one attached hydrogen (secondary N) is 2. The summed E-state index contributed by atoms with van der Waals surface area (Å²) in [5.74, 6) is 0.523. The van der Waals surface area contributed by atoms with E-state index < -0.39 is 0 Å². The fourth-order valence-corrected chi connectivity index (χ4v) is 4.06. The second kappa shape index (κ2) is 12.6. The Morgan fingerprint density at radius 2 is 1.82 bits per heavy atom. The van der Waals surface area contributed by atoms with Crippen LogP contribution in [0.25, 0.3) is 11.3 Å². The molecule has 0 spiro atoms. The molecule has 4 aromatic rings. The van der Waals surface area contributed by atoms with Gasteiger partial charge in [-0.3, -0.25) is 4.79 Å². The van der Waals surface area contributed by atoms with E-state index in [1.165, 1.54) is 6.20 Å². The molecule has 0 bridgehead atoms. The molecular weight excluding hydrogens is 488 g/mol. The highest BCUT2D eigenvalue weighted by molar-refractivity contribution is 5.99. The van der Waals surface area contributed by atoms with Crippen LogP contribution in [0.2, 0.25) is 0 Å². The van der Waals surface area contributed by atoms with Gasteiger partial charge in [0.15, 0.2) is 0 Å². The largest absolute Gasteiger partial charge is 0.382 e. The predicted octanol–water partition coefficient (Wildman–Crippen LogP) is 4.30. The topological polar surface area (TPSA) is 156 Å². The third kappa shape index (κ3) is 6.94. The fraction of sp³-hybridized carbons (Fsp3) is 0.233. The molecule has 39 heavy (non-hydrogen) atoms. The van der Waals surface area contributed by atoms with E-state index in [0.717, 1.165) is 40.1 Å². The van der Waals surface area contributed by atoms with E-state index in [0.29, 0.717) is 42.3 Å². The normalized spacial score (nSPS) is 11.4. The molecule has 9 heteroatoms. The number of anilines is 2. The molecule has 1 amide bonds. The Bertz CT molecular complexity index is 1480. The third-order valence-corrected chi connectivity index (χ3v) is 6.39. The smallest absolute Gasteiger partial charge is 0.255 e. The number of rotatable bonds is 10. The molecule has 198 valence electrons. The Balaban J connectivity index is 1.46. The number of carbonyl (C=O) groups excluding carboxylic acids is 1. The minimum atomic E-state index is -0.308. The molecule has 0 aliphatic rings. The van der Waals surface area contributed by atoms with E-state index in [2.05, 4.69) is 31.7 Å². The summed E-state index contributed by atoms with van der Waals surface area (Å²) in [6.07, 6.45) is 4.59. The maximum Gasteiger partial charge on any atom is 0.255 e. The molecule has 6 N–H and O–H groups in total. The van der Waals surface area contributed by atoms with Crippen LogP contribution in [-0.4, -0.2) is 27.4 Å². The number of aromatic nitrogens is 3. The summed E-state index contributed by atoms with van der Waals surface area (Å²) in [4.78, 5) is 26.5. The molecule has 0 fully saturated rings. The molecular formula is C30H32N8O. The van der Waals surface area contributed by atoms with Crippen molar-refractivity contribution in [3.05, 3.63) is 101 Å². The van der Waals surface area contributed by atoms with Crippen LogP contribution >= 0.6 is 0 Å². The molecule has 0 unspecified atom stereocenters. The summed E-state index contributed by atoms with van der Waals surface area (Å²) in [6.45, 7) is 4.94. The van der Waals surface area contributed by atoms with Gasteiger partial charge in [-0.15, -0.1) is 0 Å². The van der Waals surface area contributed by atoms with E-state index in [4.69, 9.17) is 11.5 Å². The van der Waals surface area contributed by atoms with Gasteiger partial charge in [-0.2, -0.15) is 5.26 Å². The van der Waals surface area contributed by atoms with Gasteiger partial charge < -0.3 is 22.1 Å². The lowest BCUT2D eigenvalue weighted by molar-refractivity contribution is 0.0940. The molecule has 0 saturated carbocycles. The zero-order valence-electron chi connectivity index (χ0n) is 22.1. The number of nitriles is 1. The molecule has 1 atom stereocenters. The van der Waals surface area contributed by atoms with Gasteiger partial charge >= 0.3 is 0 Å². The van der Waals surface area contributed by atoms with Crippen molar-refractivity contribution in [2.75, 3.05) is 17.6 Å². The van der Waals surface area contributed by atoms with E-state index in [1.54, 1.807) is 12.3 Å². The summed E-state index contributed by atoms with van der Waals surface area (Å²) >= 11 is 0. The zero-order valence-corrected chi connectivity index (χ0v) is 22.1. The molecule has 0 radical (unpaired) electrons. The maximum atomic E-state index is 13.2. The Hall–Kier alpha value is -4.81. The molecule has 0 aliphatic carbocycles. The van der Waals surface area contributed by atoms with Crippen molar-refractivity contribution in [2.24, 2.45) is 5.73 Å². The maximum absolute atomic E-state index is 13.2. The number of nitrogens with zero attached hydrogens (tertiary/aromatic N) is 4. The van der Waals surface area contributed by atoms with Gasteiger partial charge in [0.25, 0.3) is 5.91 Å². The van der Waals surface area contributed by atoms with Crippen molar-refractivity contribution >= 4 is 17.5 Å². The first-order chi connectivity index (χ1) is 18.9. The molecule has 2 heterocycles. The number of pyridine rings is 1. The number of aryl methyl sites for hydroxylation is 2. The zero-order chi connectivity index (χ0) is 27.8. The van der Waals surface area contributed by atoms with Crippen LogP contribution in [0.5, 0.6) is 0 Å². The van der Waals surface area contributed by atoms with Gasteiger partial charge in [0.05, 0.1) is 34.8 Å². The minimum absolute atomic E-state index is 0.212. The van der Waals surface area contributed by atoms with Crippen LogP contribution in [0.1, 0.15) is 57.7 Å². The Morgan fingerprint density at radius 3 is 2.51 bits per heavy atom. The predicted molar refractivity (Wildman–Crippen MR) is 153 cm³/mol. The highest BCUT2D eigenvalue weighted by Crippen LogP contribution is 2.22. The van der Waals surface area contributed by atoms with Crippen LogP contribution in [-0.2, 0) is 13.0 Å². The van der Waals surface area contributed by atoms with Crippen LogP contribution in [0, 0.1) is 18.3 Å². The molecule has 9 nitrogen and oxygen atoms in total. The number of hydrogen-bond acceptors (Lipinski definition) is 8. The second-order valence-corrected chi connectivity index (χ2v) is 9.37. The van der Waals surface area contributed by atoms with E-state index >= 15 is 0 Å². The van der Waals surface area contributed by atoms with Crippen LogP contribution < -0.4 is 22.1 Å². The van der Waals surface area contributed by atoms with E-state index in [1.807, 2.05) is 62.4 Å². The number of hydrogen-bond donors (Lipinski definition) is 4. The average Bonchev–Trinajstić information content (AvgIpc) is 2.96. The lowest BCUT2D eigenvalue weighted by Gasteiger charge is -2.17. The lowest BCUT2D eigenvalue weighted by Crippen LogP contribution is -2.28.